The van der Waals surface area contributed by atoms with Gasteiger partial charge in [-0.3, -0.25) is 4.98 Å². The van der Waals surface area contributed by atoms with Crippen molar-refractivity contribution in [3.63, 3.8) is 0 Å². The van der Waals surface area contributed by atoms with Crippen LogP contribution in [0.2, 0.25) is 0 Å². The van der Waals surface area contributed by atoms with Gasteiger partial charge in [0.1, 0.15) is 5.75 Å². The van der Waals surface area contributed by atoms with Gasteiger partial charge in [0, 0.05) is 37.5 Å². The minimum absolute atomic E-state index is 0.458. The van der Waals surface area contributed by atoms with Crippen LogP contribution >= 0.6 is 0 Å². The lowest BCUT2D eigenvalue weighted by atomic mass is 9.95. The Bertz CT molecular complexity index is 993. The average Bonchev–Trinajstić information content (AvgIpc) is 2.87. The predicted octanol–water partition coefficient (Wildman–Crippen LogP) is 4.24. The summed E-state index contributed by atoms with van der Waals surface area (Å²) in [6, 6.07) is 15.0. The molecule has 3 aromatic rings. The van der Waals surface area contributed by atoms with Crippen LogP contribution in [-0.4, -0.2) is 30.5 Å². The van der Waals surface area contributed by atoms with E-state index >= 15 is 0 Å². The van der Waals surface area contributed by atoms with Crippen LogP contribution in [0.5, 0.6) is 5.75 Å². The highest BCUT2D eigenvalue weighted by Crippen LogP contribution is 2.37. The van der Waals surface area contributed by atoms with E-state index in [0.29, 0.717) is 6.61 Å². The van der Waals surface area contributed by atoms with E-state index in [0.717, 1.165) is 43.6 Å². The normalized spacial score (nSPS) is 18.7. The molecule has 1 fully saturated rings. The summed E-state index contributed by atoms with van der Waals surface area (Å²) in [5.74, 6) is 0.510. The molecule has 1 saturated heterocycles. The molecule has 1 N–H and O–H groups in total. The highest BCUT2D eigenvalue weighted by molar-refractivity contribution is 5.88. The Labute approximate surface area is 159 Å². The summed E-state index contributed by atoms with van der Waals surface area (Å²) in [6.07, 6.45) is 4.52. The fraction of sp³-hybridized carbons (Fsp3) is 0.348. The zero-order valence-electron chi connectivity index (χ0n) is 15.6. The second-order valence-electron chi connectivity index (χ2n) is 7.50. The van der Waals surface area contributed by atoms with Gasteiger partial charge in [0.05, 0.1) is 12.1 Å². The van der Waals surface area contributed by atoms with Crippen molar-refractivity contribution in [1.82, 2.24) is 10.3 Å². The van der Waals surface area contributed by atoms with Gasteiger partial charge < -0.3 is 14.8 Å². The lowest BCUT2D eigenvalue weighted by Gasteiger charge is -2.36. The van der Waals surface area contributed by atoms with Crippen molar-refractivity contribution in [2.45, 2.75) is 32.0 Å². The summed E-state index contributed by atoms with van der Waals surface area (Å²) in [4.78, 5) is 4.58. The summed E-state index contributed by atoms with van der Waals surface area (Å²) in [5, 5.41) is 4.56. The van der Waals surface area contributed by atoms with Gasteiger partial charge in [-0.25, -0.2) is 0 Å². The number of hydrogen-bond acceptors (Lipinski definition) is 4. The summed E-state index contributed by atoms with van der Waals surface area (Å²) >= 11 is 0. The number of aromatic nitrogens is 1. The van der Waals surface area contributed by atoms with Crippen LogP contribution in [0.25, 0.3) is 22.0 Å². The maximum Gasteiger partial charge on any atom is 0.213 e. The van der Waals surface area contributed by atoms with E-state index in [1.165, 1.54) is 27.6 Å². The first kappa shape index (κ1) is 16.7. The molecule has 0 saturated carbocycles. The number of piperidine rings is 1. The molecule has 138 valence electrons. The van der Waals surface area contributed by atoms with Gasteiger partial charge in [-0.15, -0.1) is 0 Å². The number of nitrogens with one attached hydrogen (secondary N) is 1. The highest BCUT2D eigenvalue weighted by Gasteiger charge is 2.37. The smallest absolute Gasteiger partial charge is 0.213 e. The third-order valence-corrected chi connectivity index (χ3v) is 5.80. The molecule has 0 atom stereocenters. The molecule has 4 nitrogen and oxygen atoms in total. The summed E-state index contributed by atoms with van der Waals surface area (Å²) in [7, 11) is 0. The second-order valence-corrected chi connectivity index (χ2v) is 7.50. The SMILES string of the molecule is Cc1c(-c2ccc3c(c2)CCOC2(CCNCC2)O3)ccc2cccnc12. The van der Waals surface area contributed by atoms with Crippen molar-refractivity contribution in [2.24, 2.45) is 0 Å². The third kappa shape index (κ3) is 2.99. The van der Waals surface area contributed by atoms with E-state index in [9.17, 15) is 0 Å². The van der Waals surface area contributed by atoms with Crippen LogP contribution in [-0.2, 0) is 11.2 Å². The molecular formula is C23H24N2O2. The molecule has 0 radical (unpaired) electrons. The van der Waals surface area contributed by atoms with Crippen LogP contribution in [0.15, 0.2) is 48.7 Å². The lowest BCUT2D eigenvalue weighted by Crippen LogP contribution is -2.48. The zero-order valence-corrected chi connectivity index (χ0v) is 15.6. The van der Waals surface area contributed by atoms with E-state index in [1.807, 2.05) is 12.3 Å². The zero-order chi connectivity index (χ0) is 18.3. The fourth-order valence-corrected chi connectivity index (χ4v) is 4.28. The number of hydrogen-bond donors (Lipinski definition) is 1. The van der Waals surface area contributed by atoms with Crippen molar-refractivity contribution in [3.8, 4) is 16.9 Å². The van der Waals surface area contributed by atoms with Gasteiger partial charge in [0.25, 0.3) is 0 Å². The van der Waals surface area contributed by atoms with Gasteiger partial charge in [-0.05, 0) is 53.8 Å². The molecule has 1 aromatic heterocycles. The maximum atomic E-state index is 6.40. The third-order valence-electron chi connectivity index (χ3n) is 5.80. The van der Waals surface area contributed by atoms with Crippen LogP contribution < -0.4 is 10.1 Å². The Kier molecular flexibility index (Phi) is 4.10. The van der Waals surface area contributed by atoms with E-state index in [1.54, 1.807) is 0 Å². The van der Waals surface area contributed by atoms with E-state index in [-0.39, 0.29) is 0 Å². The summed E-state index contributed by atoms with van der Waals surface area (Å²) < 4.78 is 12.6. The quantitative estimate of drug-likeness (QED) is 0.705. The Morgan fingerprint density at radius 2 is 1.96 bits per heavy atom. The fourth-order valence-electron chi connectivity index (χ4n) is 4.28. The maximum absolute atomic E-state index is 6.40. The molecule has 0 unspecified atom stereocenters. The minimum Gasteiger partial charge on any atom is -0.462 e. The van der Waals surface area contributed by atoms with Gasteiger partial charge in [0.15, 0.2) is 0 Å². The standard InChI is InChI=1S/C23H24N2O2/c1-16-20(6-4-17-3-2-11-25-22(16)17)18-5-7-21-19(15-18)8-14-26-23(27-21)9-12-24-13-10-23/h2-7,11,15,24H,8-10,12-14H2,1H3. The van der Waals surface area contributed by atoms with Gasteiger partial charge >= 0.3 is 0 Å². The number of ether oxygens (including phenoxy) is 2. The van der Waals surface area contributed by atoms with Gasteiger partial charge in [-0.1, -0.05) is 24.3 Å². The molecule has 4 heteroatoms. The monoisotopic (exact) mass is 360 g/mol. The van der Waals surface area contributed by atoms with E-state index in [4.69, 9.17) is 9.47 Å². The molecule has 1 spiro atoms. The van der Waals surface area contributed by atoms with E-state index in [2.05, 4.69) is 53.6 Å². The van der Waals surface area contributed by atoms with E-state index < -0.39 is 5.79 Å². The number of nitrogens with zero attached hydrogens (tertiary/aromatic N) is 1. The van der Waals surface area contributed by atoms with Crippen molar-refractivity contribution >= 4 is 10.9 Å². The first-order valence-corrected chi connectivity index (χ1v) is 9.75. The van der Waals surface area contributed by atoms with Crippen LogP contribution in [0.1, 0.15) is 24.0 Å². The predicted molar refractivity (Wildman–Crippen MR) is 107 cm³/mol. The molecular weight excluding hydrogens is 336 g/mol. The first-order chi connectivity index (χ1) is 13.2. The van der Waals surface area contributed by atoms with Crippen molar-refractivity contribution in [2.75, 3.05) is 19.7 Å². The number of rotatable bonds is 1. The largest absolute Gasteiger partial charge is 0.462 e. The van der Waals surface area contributed by atoms with Crippen LogP contribution in [0.4, 0.5) is 0 Å². The van der Waals surface area contributed by atoms with Crippen molar-refractivity contribution in [3.05, 3.63) is 59.8 Å². The Morgan fingerprint density at radius 3 is 2.85 bits per heavy atom. The number of pyridine rings is 1. The van der Waals surface area contributed by atoms with Crippen LogP contribution in [0, 0.1) is 6.92 Å². The molecule has 0 aliphatic carbocycles. The molecule has 27 heavy (non-hydrogen) atoms. The van der Waals surface area contributed by atoms with Gasteiger partial charge in [0.2, 0.25) is 5.79 Å². The van der Waals surface area contributed by atoms with Crippen molar-refractivity contribution < 1.29 is 9.47 Å². The highest BCUT2D eigenvalue weighted by atomic mass is 16.7. The molecule has 2 aliphatic heterocycles. The van der Waals surface area contributed by atoms with Gasteiger partial charge in [-0.2, -0.15) is 0 Å². The second kappa shape index (κ2) is 6.63. The molecule has 2 aliphatic rings. The van der Waals surface area contributed by atoms with Crippen LogP contribution in [0.3, 0.4) is 0 Å². The molecule has 3 heterocycles. The summed E-state index contributed by atoms with van der Waals surface area (Å²) in [5.41, 5.74) is 5.95. The Morgan fingerprint density at radius 1 is 1.07 bits per heavy atom. The minimum atomic E-state index is -0.458. The number of benzene rings is 2. The summed E-state index contributed by atoms with van der Waals surface area (Å²) in [6.45, 7) is 4.74. The lowest BCUT2D eigenvalue weighted by molar-refractivity contribution is -0.191. The van der Waals surface area contributed by atoms with Crippen molar-refractivity contribution in [1.29, 1.82) is 0 Å². The first-order valence-electron chi connectivity index (χ1n) is 9.75. The Hall–Kier alpha value is -2.43. The number of fused-ring (bicyclic) bond motifs is 2. The molecule has 0 amide bonds. The number of aryl methyl sites for hydroxylation is 1. The molecule has 5 rings (SSSR count). The average molecular weight is 360 g/mol. The molecule has 2 aromatic carbocycles. The Balaban J connectivity index is 1.53. The topological polar surface area (TPSA) is 43.4 Å². The molecule has 0 bridgehead atoms.